The van der Waals surface area contributed by atoms with Gasteiger partial charge in [0.25, 0.3) is 0 Å². The predicted molar refractivity (Wildman–Crippen MR) is 133 cm³/mol. The molecule has 1 aromatic carbocycles. The van der Waals surface area contributed by atoms with Crippen molar-refractivity contribution >= 4 is 17.6 Å². The molecule has 4 atom stereocenters. The summed E-state index contributed by atoms with van der Waals surface area (Å²) in [5.41, 5.74) is 1.09. The monoisotopic (exact) mass is 510 g/mol. The quantitative estimate of drug-likeness (QED) is 0.369. The minimum absolute atomic E-state index is 0.0297. The second-order valence-electron chi connectivity index (χ2n) is 10.2. The molecule has 0 radical (unpaired) electrons. The third kappa shape index (κ3) is 4.59. The molecule has 4 unspecified atom stereocenters. The fraction of sp³-hybridized carbons (Fsp3) is 0.760. The summed E-state index contributed by atoms with van der Waals surface area (Å²) in [6.45, 7) is 0. The van der Waals surface area contributed by atoms with Crippen LogP contribution in [0.2, 0.25) is 6.04 Å². The van der Waals surface area contributed by atoms with Gasteiger partial charge >= 0.3 is 17.6 Å². The average molecular weight is 511 g/mol. The molecular formula is C25H42O7Si2. The highest BCUT2D eigenvalue weighted by atomic mass is 28.4. The summed E-state index contributed by atoms with van der Waals surface area (Å²) in [6, 6.07) is 11.6. The Hall–Kier alpha value is -0.626. The second-order valence-corrected chi connectivity index (χ2v) is 16.4. The lowest BCUT2D eigenvalue weighted by Gasteiger charge is -2.61. The molecule has 4 saturated carbocycles. The minimum Gasteiger partial charge on any atom is -0.377 e. The predicted octanol–water partition coefficient (Wildman–Crippen LogP) is 4.20. The van der Waals surface area contributed by atoms with Crippen molar-refractivity contribution in [3.05, 3.63) is 35.9 Å². The van der Waals surface area contributed by atoms with Crippen LogP contribution in [0.15, 0.2) is 30.3 Å². The molecular weight excluding hydrogens is 468 g/mol. The lowest BCUT2D eigenvalue weighted by molar-refractivity contribution is -0.164. The molecule has 5 rings (SSSR count). The summed E-state index contributed by atoms with van der Waals surface area (Å²) in [4.78, 5) is 0. The summed E-state index contributed by atoms with van der Waals surface area (Å²) >= 11 is 0. The highest BCUT2D eigenvalue weighted by Crippen LogP contribution is 2.62. The second kappa shape index (κ2) is 10.8. The third-order valence-electron chi connectivity index (χ3n) is 8.77. The van der Waals surface area contributed by atoms with Crippen molar-refractivity contribution in [3.63, 3.8) is 0 Å². The fourth-order valence-electron chi connectivity index (χ4n) is 7.42. The summed E-state index contributed by atoms with van der Waals surface area (Å²) in [7, 11) is 3.99. The van der Waals surface area contributed by atoms with Gasteiger partial charge in [-0.1, -0.05) is 30.3 Å². The topological polar surface area (TPSA) is 64.6 Å². The van der Waals surface area contributed by atoms with Crippen LogP contribution in [0.25, 0.3) is 0 Å². The first kappa shape index (κ1) is 26.4. The van der Waals surface area contributed by atoms with Crippen molar-refractivity contribution in [1.29, 1.82) is 0 Å². The Morgan fingerprint density at radius 1 is 0.794 bits per heavy atom. The molecule has 0 aliphatic heterocycles. The van der Waals surface area contributed by atoms with E-state index in [0.717, 1.165) is 11.8 Å². The standard InChI is InChI=1S/C25H42O7Si2/c1-26-33(27-2,28-3)13-12-23(34(29-4,30-5)31-6)32-24-21-15-19-14-20(16-21)18-25(24,17-19)22-10-8-7-9-11-22/h7-11,19-21,23-24H,12-18H2,1-6H3. The number of hydrogen-bond donors (Lipinski definition) is 0. The number of benzene rings is 1. The molecule has 4 aliphatic carbocycles. The van der Waals surface area contributed by atoms with Crippen molar-refractivity contribution < 1.29 is 31.3 Å². The van der Waals surface area contributed by atoms with Gasteiger partial charge in [0.05, 0.1) is 6.10 Å². The van der Waals surface area contributed by atoms with Gasteiger partial charge in [0.15, 0.2) is 0 Å². The minimum atomic E-state index is -3.12. The maximum absolute atomic E-state index is 7.19. The summed E-state index contributed by atoms with van der Waals surface area (Å²) in [5.74, 6) is 2.13. The first-order valence-corrected chi connectivity index (χ1v) is 16.2. The third-order valence-corrected chi connectivity index (χ3v) is 14.5. The van der Waals surface area contributed by atoms with Gasteiger partial charge in [-0.3, -0.25) is 0 Å². The smallest absolute Gasteiger partial charge is 0.377 e. The molecule has 4 bridgehead atoms. The Bertz CT molecular complexity index is 756. The molecule has 7 nitrogen and oxygen atoms in total. The molecule has 0 N–H and O–H groups in total. The van der Waals surface area contributed by atoms with Crippen molar-refractivity contribution in [2.75, 3.05) is 42.7 Å². The van der Waals surface area contributed by atoms with Crippen LogP contribution in [0.4, 0.5) is 0 Å². The van der Waals surface area contributed by atoms with Gasteiger partial charge in [0.1, 0.15) is 5.73 Å². The van der Waals surface area contributed by atoms with Gasteiger partial charge in [0, 0.05) is 54.1 Å². The van der Waals surface area contributed by atoms with E-state index in [1.54, 1.807) is 42.7 Å². The van der Waals surface area contributed by atoms with Gasteiger partial charge in [-0.25, -0.2) is 0 Å². The van der Waals surface area contributed by atoms with Crippen molar-refractivity contribution in [3.8, 4) is 0 Å². The lowest BCUT2D eigenvalue weighted by Crippen LogP contribution is -2.64. The zero-order chi connectivity index (χ0) is 24.4. The van der Waals surface area contributed by atoms with Gasteiger partial charge < -0.3 is 31.3 Å². The molecule has 1 aromatic rings. The molecule has 0 spiro atoms. The highest BCUT2D eigenvalue weighted by Gasteiger charge is 2.61. The van der Waals surface area contributed by atoms with Crippen LogP contribution in [-0.2, 0) is 36.7 Å². The normalized spacial score (nSPS) is 31.7. The Kier molecular flexibility index (Phi) is 8.38. The maximum atomic E-state index is 7.19. The van der Waals surface area contributed by atoms with Gasteiger partial charge in [-0.2, -0.15) is 0 Å². The first-order valence-electron chi connectivity index (χ1n) is 12.5. The van der Waals surface area contributed by atoms with Crippen molar-refractivity contribution in [1.82, 2.24) is 0 Å². The Morgan fingerprint density at radius 3 is 1.85 bits per heavy atom. The van der Waals surface area contributed by atoms with Crippen LogP contribution >= 0.6 is 0 Å². The van der Waals surface area contributed by atoms with Crippen LogP contribution in [0, 0.1) is 17.8 Å². The molecule has 0 heterocycles. The van der Waals surface area contributed by atoms with E-state index in [9.17, 15) is 0 Å². The number of hydrogen-bond acceptors (Lipinski definition) is 7. The van der Waals surface area contributed by atoms with E-state index >= 15 is 0 Å². The van der Waals surface area contributed by atoms with E-state index in [4.69, 9.17) is 31.3 Å². The highest BCUT2D eigenvalue weighted by molar-refractivity contribution is 6.63. The first-order chi connectivity index (χ1) is 16.4. The molecule has 0 saturated heterocycles. The largest absolute Gasteiger partial charge is 0.530 e. The van der Waals surface area contributed by atoms with Gasteiger partial charge in [0.2, 0.25) is 0 Å². The van der Waals surface area contributed by atoms with Crippen molar-refractivity contribution in [2.45, 2.75) is 61.8 Å². The van der Waals surface area contributed by atoms with Crippen LogP contribution in [-0.4, -0.2) is 72.1 Å². The van der Waals surface area contributed by atoms with E-state index in [-0.39, 0.29) is 17.2 Å². The molecule has 4 fully saturated rings. The Labute approximate surface area is 207 Å². The van der Waals surface area contributed by atoms with Crippen LogP contribution in [0.1, 0.15) is 44.1 Å². The molecule has 0 amide bonds. The maximum Gasteiger partial charge on any atom is 0.530 e. The van der Waals surface area contributed by atoms with Gasteiger partial charge in [-0.05, 0) is 61.8 Å². The van der Waals surface area contributed by atoms with Crippen LogP contribution in [0.5, 0.6) is 0 Å². The van der Waals surface area contributed by atoms with Crippen molar-refractivity contribution in [2.24, 2.45) is 17.8 Å². The lowest BCUT2D eigenvalue weighted by atomic mass is 9.46. The molecule has 0 aromatic heterocycles. The van der Waals surface area contributed by atoms with E-state index in [1.165, 1.54) is 37.7 Å². The summed E-state index contributed by atoms with van der Waals surface area (Å²) in [5, 5.41) is 0. The van der Waals surface area contributed by atoms with E-state index < -0.39 is 17.6 Å². The average Bonchev–Trinajstić information content (AvgIpc) is 2.88. The number of rotatable bonds is 13. The fourth-order valence-corrected chi connectivity index (χ4v) is 11.5. The van der Waals surface area contributed by atoms with E-state index in [2.05, 4.69) is 30.3 Å². The SMILES string of the molecule is CO[Si](CCC(OC1C2CC3CC(C2)CC1(c1ccccc1)C3)[Si](OC)(OC)OC)(OC)OC. The van der Waals surface area contributed by atoms with Gasteiger partial charge in [-0.15, -0.1) is 0 Å². The number of ether oxygens (including phenoxy) is 1. The zero-order valence-electron chi connectivity index (χ0n) is 21.6. The zero-order valence-corrected chi connectivity index (χ0v) is 23.6. The molecule has 4 aliphatic rings. The van der Waals surface area contributed by atoms with Crippen LogP contribution < -0.4 is 0 Å². The van der Waals surface area contributed by atoms with E-state index in [0.29, 0.717) is 18.4 Å². The summed E-state index contributed by atoms with van der Waals surface area (Å²) < 4.78 is 42.2. The summed E-state index contributed by atoms with van der Waals surface area (Å²) in [6.07, 6.45) is 6.96. The van der Waals surface area contributed by atoms with Crippen LogP contribution in [0.3, 0.4) is 0 Å². The molecule has 34 heavy (non-hydrogen) atoms. The Balaban J connectivity index is 1.68. The Morgan fingerprint density at radius 2 is 1.35 bits per heavy atom. The van der Waals surface area contributed by atoms with E-state index in [1.807, 2.05) is 0 Å². The molecule has 192 valence electrons. The molecule has 9 heteroatoms.